The Labute approximate surface area is 82.6 Å². The Hall–Kier alpha value is -0.300. The summed E-state index contributed by atoms with van der Waals surface area (Å²) in [5.41, 5.74) is 3.20. The summed E-state index contributed by atoms with van der Waals surface area (Å²) in [6.07, 6.45) is 1.23. The Bertz CT molecular complexity index is 187. The zero-order valence-corrected chi connectivity index (χ0v) is 9.65. The van der Waals surface area contributed by atoms with Gasteiger partial charge in [0.25, 0.3) is 0 Å². The van der Waals surface area contributed by atoms with Crippen molar-refractivity contribution in [3.05, 3.63) is 11.1 Å². The van der Waals surface area contributed by atoms with Crippen LogP contribution in [0.1, 0.15) is 41.0 Å². The van der Waals surface area contributed by atoms with Crippen LogP contribution in [0.3, 0.4) is 0 Å². The Balaban J connectivity index is 2.61. The molecule has 1 rings (SSSR count). The predicted octanol–water partition coefficient (Wildman–Crippen LogP) is 2.98. The molecule has 0 amide bonds. The van der Waals surface area contributed by atoms with Crippen molar-refractivity contribution in [2.75, 3.05) is 6.54 Å². The minimum Gasteiger partial charge on any atom is -0.313 e. The van der Waals surface area contributed by atoms with Gasteiger partial charge < -0.3 is 5.32 Å². The first-order valence-corrected chi connectivity index (χ1v) is 5.50. The van der Waals surface area contributed by atoms with E-state index in [0.717, 1.165) is 18.4 Å². The van der Waals surface area contributed by atoms with Gasteiger partial charge in [0, 0.05) is 6.04 Å². The van der Waals surface area contributed by atoms with Crippen LogP contribution in [0.2, 0.25) is 0 Å². The number of hydrogen-bond donors (Lipinski definition) is 1. The van der Waals surface area contributed by atoms with Gasteiger partial charge in [0.05, 0.1) is 0 Å². The highest BCUT2D eigenvalue weighted by molar-refractivity contribution is 5.25. The highest BCUT2D eigenvalue weighted by Crippen LogP contribution is 2.35. The molecule has 0 aromatic heterocycles. The summed E-state index contributed by atoms with van der Waals surface area (Å²) in [7, 11) is 0. The fourth-order valence-corrected chi connectivity index (χ4v) is 2.35. The smallest absolute Gasteiger partial charge is 0.0193 e. The van der Waals surface area contributed by atoms with Crippen molar-refractivity contribution in [3.63, 3.8) is 0 Å². The van der Waals surface area contributed by atoms with Crippen LogP contribution in [0, 0.1) is 11.8 Å². The maximum Gasteiger partial charge on any atom is 0.0193 e. The van der Waals surface area contributed by atoms with Crippen molar-refractivity contribution in [3.8, 4) is 0 Å². The van der Waals surface area contributed by atoms with Crippen molar-refractivity contribution in [2.45, 2.75) is 47.1 Å². The third-order valence-corrected chi connectivity index (χ3v) is 3.70. The lowest BCUT2D eigenvalue weighted by atomic mass is 9.95. The molecule has 0 aromatic carbocycles. The lowest BCUT2D eigenvalue weighted by Gasteiger charge is -2.23. The second-order valence-electron chi connectivity index (χ2n) is 4.42. The molecule has 1 N–H and O–H groups in total. The first kappa shape index (κ1) is 10.8. The van der Waals surface area contributed by atoms with Crippen molar-refractivity contribution in [1.82, 2.24) is 5.32 Å². The maximum atomic E-state index is 3.65. The second-order valence-corrected chi connectivity index (χ2v) is 4.42. The SMILES string of the molecule is CCCNC1C(C)C(C)=C(C)C1C. The Morgan fingerprint density at radius 2 is 1.54 bits per heavy atom. The van der Waals surface area contributed by atoms with E-state index in [1.807, 2.05) is 0 Å². The van der Waals surface area contributed by atoms with Gasteiger partial charge in [0.1, 0.15) is 0 Å². The van der Waals surface area contributed by atoms with Crippen molar-refractivity contribution in [1.29, 1.82) is 0 Å². The van der Waals surface area contributed by atoms with Crippen molar-refractivity contribution >= 4 is 0 Å². The molecule has 0 bridgehead atoms. The fraction of sp³-hybridized carbons (Fsp3) is 0.833. The monoisotopic (exact) mass is 181 g/mol. The summed E-state index contributed by atoms with van der Waals surface area (Å²) in [6.45, 7) is 12.6. The van der Waals surface area contributed by atoms with Crippen LogP contribution in [-0.4, -0.2) is 12.6 Å². The van der Waals surface area contributed by atoms with Crippen LogP contribution >= 0.6 is 0 Å². The lowest BCUT2D eigenvalue weighted by Crippen LogP contribution is -2.37. The molecule has 13 heavy (non-hydrogen) atoms. The zero-order valence-electron chi connectivity index (χ0n) is 9.65. The summed E-state index contributed by atoms with van der Waals surface area (Å²) >= 11 is 0. The largest absolute Gasteiger partial charge is 0.313 e. The molecule has 0 saturated carbocycles. The van der Waals surface area contributed by atoms with E-state index >= 15 is 0 Å². The average molecular weight is 181 g/mol. The van der Waals surface area contributed by atoms with Crippen molar-refractivity contribution in [2.24, 2.45) is 11.8 Å². The van der Waals surface area contributed by atoms with E-state index in [1.54, 1.807) is 11.1 Å². The van der Waals surface area contributed by atoms with E-state index in [0.29, 0.717) is 6.04 Å². The molecule has 0 heterocycles. The summed E-state index contributed by atoms with van der Waals surface area (Å²) < 4.78 is 0. The Morgan fingerprint density at radius 1 is 1.08 bits per heavy atom. The van der Waals surface area contributed by atoms with E-state index in [9.17, 15) is 0 Å². The quantitative estimate of drug-likeness (QED) is 0.660. The fourth-order valence-electron chi connectivity index (χ4n) is 2.35. The normalized spacial score (nSPS) is 34.4. The first-order valence-electron chi connectivity index (χ1n) is 5.50. The molecule has 1 aliphatic carbocycles. The zero-order chi connectivity index (χ0) is 10.0. The second kappa shape index (κ2) is 4.28. The summed E-state index contributed by atoms with van der Waals surface area (Å²) in [5.74, 6) is 1.45. The number of rotatable bonds is 3. The van der Waals surface area contributed by atoms with Crippen LogP contribution in [-0.2, 0) is 0 Å². The lowest BCUT2D eigenvalue weighted by molar-refractivity contribution is 0.376. The highest BCUT2D eigenvalue weighted by atomic mass is 14.9. The molecule has 1 aliphatic rings. The Morgan fingerprint density at radius 3 is 1.92 bits per heavy atom. The van der Waals surface area contributed by atoms with E-state index < -0.39 is 0 Å². The van der Waals surface area contributed by atoms with Gasteiger partial charge in [-0.2, -0.15) is 0 Å². The van der Waals surface area contributed by atoms with Gasteiger partial charge in [-0.05, 0) is 38.6 Å². The Kier molecular flexibility index (Phi) is 3.55. The molecular weight excluding hydrogens is 158 g/mol. The van der Waals surface area contributed by atoms with Crippen LogP contribution in [0.25, 0.3) is 0 Å². The van der Waals surface area contributed by atoms with Gasteiger partial charge >= 0.3 is 0 Å². The highest BCUT2D eigenvalue weighted by Gasteiger charge is 2.32. The van der Waals surface area contributed by atoms with E-state index in [-0.39, 0.29) is 0 Å². The molecular formula is C12H23N. The molecule has 0 spiro atoms. The molecule has 0 aromatic rings. The van der Waals surface area contributed by atoms with Crippen molar-refractivity contribution < 1.29 is 0 Å². The molecule has 0 aliphatic heterocycles. The van der Waals surface area contributed by atoms with Crippen LogP contribution in [0.5, 0.6) is 0 Å². The molecule has 0 saturated heterocycles. The summed E-state index contributed by atoms with van der Waals surface area (Å²) in [4.78, 5) is 0. The molecule has 1 nitrogen and oxygen atoms in total. The number of nitrogens with one attached hydrogen (secondary N) is 1. The first-order chi connectivity index (χ1) is 6.09. The minimum atomic E-state index is 0.681. The van der Waals surface area contributed by atoms with E-state index in [1.165, 1.54) is 6.42 Å². The molecule has 0 radical (unpaired) electrons. The van der Waals surface area contributed by atoms with E-state index in [2.05, 4.69) is 39.9 Å². The molecule has 1 heteroatoms. The topological polar surface area (TPSA) is 12.0 Å². The van der Waals surface area contributed by atoms with E-state index in [4.69, 9.17) is 0 Å². The van der Waals surface area contributed by atoms with Gasteiger partial charge in [-0.3, -0.25) is 0 Å². The third kappa shape index (κ3) is 1.96. The molecule has 0 fully saturated rings. The van der Waals surface area contributed by atoms with Gasteiger partial charge in [0.2, 0.25) is 0 Å². The minimum absolute atomic E-state index is 0.681. The van der Waals surface area contributed by atoms with Crippen LogP contribution < -0.4 is 5.32 Å². The third-order valence-electron chi connectivity index (χ3n) is 3.70. The summed E-state index contributed by atoms with van der Waals surface area (Å²) in [6, 6.07) is 0.681. The average Bonchev–Trinajstić information content (AvgIpc) is 2.30. The maximum absolute atomic E-state index is 3.65. The predicted molar refractivity (Wildman–Crippen MR) is 58.8 cm³/mol. The molecule has 76 valence electrons. The van der Waals surface area contributed by atoms with Crippen LogP contribution in [0.4, 0.5) is 0 Å². The van der Waals surface area contributed by atoms with Gasteiger partial charge in [-0.15, -0.1) is 0 Å². The van der Waals surface area contributed by atoms with Gasteiger partial charge in [-0.1, -0.05) is 31.9 Å². The summed E-state index contributed by atoms with van der Waals surface area (Å²) in [5, 5.41) is 3.65. The molecule has 2 atom stereocenters. The van der Waals surface area contributed by atoms with Gasteiger partial charge in [0.15, 0.2) is 0 Å². The van der Waals surface area contributed by atoms with Gasteiger partial charge in [-0.25, -0.2) is 0 Å². The molecule has 2 unspecified atom stereocenters. The number of hydrogen-bond acceptors (Lipinski definition) is 1. The van der Waals surface area contributed by atoms with Crippen LogP contribution in [0.15, 0.2) is 11.1 Å². The standard InChI is InChI=1S/C12H23N/c1-6-7-13-12-10(4)8(2)9(3)11(12)5/h10-13H,6-7H2,1-5H3.